The second-order valence-electron chi connectivity index (χ2n) is 4.55. The predicted octanol–water partition coefficient (Wildman–Crippen LogP) is 4.09. The fourth-order valence-corrected chi connectivity index (χ4v) is 2.36. The number of carbonyl (C=O) groups is 1. The molecular weight excluding hydrogens is 301 g/mol. The SMILES string of the molecule is CN(C)c1ccc(NC(=O)c2cccs2)c(C(F)(F)F)c1. The molecule has 0 aliphatic rings. The maximum atomic E-state index is 13.1. The molecule has 2 rings (SSSR count). The van der Waals surface area contributed by atoms with E-state index in [1.54, 1.807) is 36.5 Å². The van der Waals surface area contributed by atoms with Gasteiger partial charge in [-0.05, 0) is 29.6 Å². The largest absolute Gasteiger partial charge is 0.418 e. The van der Waals surface area contributed by atoms with Gasteiger partial charge in [0.15, 0.2) is 0 Å². The number of alkyl halides is 3. The van der Waals surface area contributed by atoms with Crippen LogP contribution in [0, 0.1) is 0 Å². The van der Waals surface area contributed by atoms with E-state index in [9.17, 15) is 18.0 Å². The van der Waals surface area contributed by atoms with Crippen molar-refractivity contribution in [3.8, 4) is 0 Å². The lowest BCUT2D eigenvalue weighted by atomic mass is 10.1. The van der Waals surface area contributed by atoms with Crippen LogP contribution in [0.3, 0.4) is 0 Å². The van der Waals surface area contributed by atoms with E-state index >= 15 is 0 Å². The summed E-state index contributed by atoms with van der Waals surface area (Å²) in [5, 5.41) is 4.01. The van der Waals surface area contributed by atoms with Gasteiger partial charge in [0.05, 0.1) is 16.1 Å². The number of halogens is 3. The number of nitrogens with zero attached hydrogens (tertiary/aromatic N) is 1. The molecule has 112 valence electrons. The number of thiophene rings is 1. The summed E-state index contributed by atoms with van der Waals surface area (Å²) < 4.78 is 39.4. The van der Waals surface area contributed by atoms with E-state index in [4.69, 9.17) is 0 Å². The van der Waals surface area contributed by atoms with Crippen LogP contribution in [0.4, 0.5) is 24.5 Å². The Hall–Kier alpha value is -2.02. The lowest BCUT2D eigenvalue weighted by Gasteiger charge is -2.18. The molecule has 1 aromatic carbocycles. The van der Waals surface area contributed by atoms with Crippen molar-refractivity contribution in [2.24, 2.45) is 0 Å². The van der Waals surface area contributed by atoms with Crippen molar-refractivity contribution in [3.63, 3.8) is 0 Å². The van der Waals surface area contributed by atoms with E-state index < -0.39 is 17.6 Å². The Balaban J connectivity index is 2.37. The van der Waals surface area contributed by atoms with Crippen molar-refractivity contribution in [3.05, 3.63) is 46.2 Å². The number of hydrogen-bond acceptors (Lipinski definition) is 3. The Morgan fingerprint density at radius 2 is 1.95 bits per heavy atom. The number of rotatable bonds is 3. The van der Waals surface area contributed by atoms with E-state index in [0.29, 0.717) is 10.6 Å². The van der Waals surface area contributed by atoms with Crippen LogP contribution in [-0.2, 0) is 6.18 Å². The molecule has 0 atom stereocenters. The first kappa shape index (κ1) is 15.4. The minimum Gasteiger partial charge on any atom is -0.378 e. The first-order valence-corrected chi connectivity index (χ1v) is 6.90. The third-order valence-electron chi connectivity index (χ3n) is 2.82. The summed E-state index contributed by atoms with van der Waals surface area (Å²) >= 11 is 1.17. The monoisotopic (exact) mass is 314 g/mol. The summed E-state index contributed by atoms with van der Waals surface area (Å²) in [5.41, 5.74) is -0.693. The molecule has 0 aliphatic carbocycles. The summed E-state index contributed by atoms with van der Waals surface area (Å²) in [6.07, 6.45) is -4.54. The molecule has 1 amide bonds. The van der Waals surface area contributed by atoms with E-state index in [1.807, 2.05) is 0 Å². The molecule has 1 heterocycles. The van der Waals surface area contributed by atoms with Gasteiger partial charge in [-0.3, -0.25) is 4.79 Å². The van der Waals surface area contributed by atoms with E-state index in [2.05, 4.69) is 5.32 Å². The topological polar surface area (TPSA) is 32.3 Å². The smallest absolute Gasteiger partial charge is 0.378 e. The lowest BCUT2D eigenvalue weighted by molar-refractivity contribution is -0.136. The average Bonchev–Trinajstić information content (AvgIpc) is 2.91. The zero-order valence-corrected chi connectivity index (χ0v) is 12.2. The maximum Gasteiger partial charge on any atom is 0.418 e. The number of amides is 1. The predicted molar refractivity (Wildman–Crippen MR) is 78.0 cm³/mol. The van der Waals surface area contributed by atoms with Crippen LogP contribution in [0.1, 0.15) is 15.2 Å². The van der Waals surface area contributed by atoms with Crippen LogP contribution in [0.15, 0.2) is 35.7 Å². The molecule has 2 aromatic rings. The van der Waals surface area contributed by atoms with Gasteiger partial charge in [-0.2, -0.15) is 13.2 Å². The van der Waals surface area contributed by atoms with E-state index in [-0.39, 0.29) is 5.69 Å². The average molecular weight is 314 g/mol. The first-order chi connectivity index (χ1) is 9.79. The molecule has 3 nitrogen and oxygen atoms in total. The molecule has 1 N–H and O–H groups in total. The van der Waals surface area contributed by atoms with Crippen LogP contribution in [0.2, 0.25) is 0 Å². The van der Waals surface area contributed by atoms with Crippen molar-refractivity contribution in [1.82, 2.24) is 0 Å². The van der Waals surface area contributed by atoms with Gasteiger partial charge >= 0.3 is 6.18 Å². The Morgan fingerprint density at radius 3 is 2.48 bits per heavy atom. The summed E-state index contributed by atoms with van der Waals surface area (Å²) in [4.78, 5) is 13.8. The molecular formula is C14H13F3N2OS. The van der Waals surface area contributed by atoms with Crippen molar-refractivity contribution in [1.29, 1.82) is 0 Å². The minimum atomic E-state index is -4.54. The van der Waals surface area contributed by atoms with Crippen molar-refractivity contribution >= 4 is 28.6 Å². The van der Waals surface area contributed by atoms with Crippen molar-refractivity contribution in [2.75, 3.05) is 24.3 Å². The zero-order chi connectivity index (χ0) is 15.6. The third-order valence-corrected chi connectivity index (χ3v) is 3.69. The van der Waals surface area contributed by atoms with Crippen LogP contribution >= 0.6 is 11.3 Å². The molecule has 0 aliphatic heterocycles. The first-order valence-electron chi connectivity index (χ1n) is 6.02. The molecule has 0 saturated heterocycles. The fourth-order valence-electron chi connectivity index (χ4n) is 1.75. The molecule has 0 bridgehead atoms. The lowest BCUT2D eigenvalue weighted by Crippen LogP contribution is -2.17. The summed E-state index contributed by atoms with van der Waals surface area (Å²) in [6.45, 7) is 0. The molecule has 1 aromatic heterocycles. The Bertz CT molecular complexity index is 636. The standard InChI is InChI=1S/C14H13F3N2OS/c1-19(2)9-5-6-11(10(8-9)14(15,16)17)18-13(20)12-4-3-7-21-12/h3-8H,1-2H3,(H,18,20). The minimum absolute atomic E-state index is 0.244. The van der Waals surface area contributed by atoms with E-state index in [1.165, 1.54) is 23.5 Å². The van der Waals surface area contributed by atoms with Gasteiger partial charge in [-0.1, -0.05) is 6.07 Å². The number of nitrogens with one attached hydrogen (secondary N) is 1. The van der Waals surface area contributed by atoms with Gasteiger partial charge < -0.3 is 10.2 Å². The second kappa shape index (κ2) is 5.77. The molecule has 0 spiro atoms. The van der Waals surface area contributed by atoms with Crippen molar-refractivity contribution in [2.45, 2.75) is 6.18 Å². The molecule has 0 saturated carbocycles. The van der Waals surface area contributed by atoms with Crippen LogP contribution in [-0.4, -0.2) is 20.0 Å². The van der Waals surface area contributed by atoms with Gasteiger partial charge in [0.2, 0.25) is 0 Å². The third kappa shape index (κ3) is 3.55. The highest BCUT2D eigenvalue weighted by Crippen LogP contribution is 2.37. The number of carbonyl (C=O) groups excluding carboxylic acids is 1. The molecule has 21 heavy (non-hydrogen) atoms. The van der Waals surface area contributed by atoms with Gasteiger partial charge in [0.25, 0.3) is 5.91 Å². The highest BCUT2D eigenvalue weighted by atomic mass is 32.1. The number of hydrogen-bond donors (Lipinski definition) is 1. The highest BCUT2D eigenvalue weighted by Gasteiger charge is 2.34. The van der Waals surface area contributed by atoms with E-state index in [0.717, 1.165) is 6.07 Å². The fraction of sp³-hybridized carbons (Fsp3) is 0.214. The van der Waals surface area contributed by atoms with Crippen molar-refractivity contribution < 1.29 is 18.0 Å². The van der Waals surface area contributed by atoms with Crippen LogP contribution < -0.4 is 10.2 Å². The molecule has 7 heteroatoms. The van der Waals surface area contributed by atoms with Gasteiger partial charge in [-0.25, -0.2) is 0 Å². The summed E-state index contributed by atoms with van der Waals surface area (Å²) in [6, 6.07) is 7.04. The summed E-state index contributed by atoms with van der Waals surface area (Å²) in [5.74, 6) is -0.548. The Morgan fingerprint density at radius 1 is 1.24 bits per heavy atom. The Kier molecular flexibility index (Phi) is 4.22. The molecule has 0 unspecified atom stereocenters. The number of anilines is 2. The van der Waals surface area contributed by atoms with Gasteiger partial charge in [0.1, 0.15) is 0 Å². The normalized spacial score (nSPS) is 11.3. The van der Waals surface area contributed by atoms with Crippen LogP contribution in [0.5, 0.6) is 0 Å². The van der Waals surface area contributed by atoms with Crippen LogP contribution in [0.25, 0.3) is 0 Å². The summed E-state index contributed by atoms with van der Waals surface area (Å²) in [7, 11) is 3.30. The maximum absolute atomic E-state index is 13.1. The zero-order valence-electron chi connectivity index (χ0n) is 11.4. The quantitative estimate of drug-likeness (QED) is 0.925. The highest BCUT2D eigenvalue weighted by molar-refractivity contribution is 7.12. The second-order valence-corrected chi connectivity index (χ2v) is 5.50. The van der Waals surface area contributed by atoms with Gasteiger partial charge in [0, 0.05) is 19.8 Å². The molecule has 0 radical (unpaired) electrons. The van der Waals surface area contributed by atoms with Gasteiger partial charge in [-0.15, -0.1) is 11.3 Å². The molecule has 0 fully saturated rings. The Labute approximate surface area is 124 Å². The number of benzene rings is 1.